The number of carbonyl (C=O) groups is 2. The molecule has 0 radical (unpaired) electrons. The van der Waals surface area contributed by atoms with Crippen molar-refractivity contribution in [1.82, 2.24) is 14.7 Å². The third kappa shape index (κ3) is 4.30. The number of aryl methyl sites for hydroxylation is 2. The lowest BCUT2D eigenvalue weighted by Gasteiger charge is -2.12. The van der Waals surface area contributed by atoms with E-state index in [1.54, 1.807) is 10.8 Å². The Bertz CT molecular complexity index is 1250. The van der Waals surface area contributed by atoms with E-state index in [9.17, 15) is 9.59 Å². The quantitative estimate of drug-likeness (QED) is 0.422. The van der Waals surface area contributed by atoms with Crippen LogP contribution in [-0.2, 0) is 9.59 Å². The molecule has 1 aromatic heterocycles. The maximum Gasteiger partial charge on any atom is 0.323 e. The van der Waals surface area contributed by atoms with Crippen LogP contribution in [0.25, 0.3) is 11.8 Å². The summed E-state index contributed by atoms with van der Waals surface area (Å²) in [6.07, 6.45) is 1.66. The molecule has 0 bridgehead atoms. The van der Waals surface area contributed by atoms with Crippen LogP contribution in [0.2, 0.25) is 0 Å². The first-order chi connectivity index (χ1) is 15.3. The molecule has 7 nitrogen and oxygen atoms in total. The molecule has 1 aliphatic heterocycles. The topological polar surface area (TPSA) is 84.7 Å². The number of nitrogens with zero attached hydrogens (tertiary/aromatic N) is 3. The van der Waals surface area contributed by atoms with Crippen molar-refractivity contribution in [3.8, 4) is 17.3 Å². The van der Waals surface area contributed by atoms with Crippen LogP contribution in [-0.4, -0.2) is 42.5 Å². The van der Waals surface area contributed by atoms with Crippen molar-refractivity contribution in [2.45, 2.75) is 13.8 Å². The van der Waals surface area contributed by atoms with Gasteiger partial charge in [0.25, 0.3) is 5.91 Å². The van der Waals surface area contributed by atoms with Gasteiger partial charge in [0, 0.05) is 0 Å². The van der Waals surface area contributed by atoms with Crippen LogP contribution in [0.3, 0.4) is 0 Å². The summed E-state index contributed by atoms with van der Waals surface area (Å²) in [5.74, 6) is -0.459. The average molecular weight is 466 g/mol. The smallest absolute Gasteiger partial charge is 0.323 e. The zero-order chi connectivity index (χ0) is 22.8. The van der Waals surface area contributed by atoms with Crippen molar-refractivity contribution in [2.24, 2.45) is 0 Å². The SMILES string of the molecule is Cc1ccccc1Oc1c(/C=C2\SC(=S)N(CC(=O)O)C2=O)c(C)nn1-c1ccccc1. The summed E-state index contributed by atoms with van der Waals surface area (Å²) >= 11 is 6.27. The highest BCUT2D eigenvalue weighted by atomic mass is 32.2. The van der Waals surface area contributed by atoms with Crippen LogP contribution in [0.1, 0.15) is 16.8 Å². The van der Waals surface area contributed by atoms with Crippen LogP contribution in [0.15, 0.2) is 59.5 Å². The molecule has 1 saturated heterocycles. The number of carboxylic acid groups (broad SMARTS) is 1. The highest BCUT2D eigenvalue weighted by molar-refractivity contribution is 8.26. The van der Waals surface area contributed by atoms with Crippen LogP contribution < -0.4 is 4.74 Å². The van der Waals surface area contributed by atoms with Crippen LogP contribution in [0, 0.1) is 13.8 Å². The number of thioether (sulfide) groups is 1. The second-order valence-corrected chi connectivity index (χ2v) is 8.76. The minimum atomic E-state index is -1.13. The summed E-state index contributed by atoms with van der Waals surface area (Å²) in [7, 11) is 0. The molecule has 0 aliphatic carbocycles. The number of carboxylic acids is 1. The van der Waals surface area contributed by atoms with Gasteiger partial charge < -0.3 is 9.84 Å². The van der Waals surface area contributed by atoms with E-state index in [-0.39, 0.29) is 4.32 Å². The second kappa shape index (κ2) is 8.97. The van der Waals surface area contributed by atoms with Crippen molar-refractivity contribution < 1.29 is 19.4 Å². The van der Waals surface area contributed by atoms with Crippen LogP contribution in [0.4, 0.5) is 0 Å². The zero-order valence-corrected chi connectivity index (χ0v) is 18.9. The number of amides is 1. The largest absolute Gasteiger partial charge is 0.480 e. The molecule has 0 saturated carbocycles. The lowest BCUT2D eigenvalue weighted by atomic mass is 10.2. The van der Waals surface area contributed by atoms with Gasteiger partial charge in [0.2, 0.25) is 5.88 Å². The van der Waals surface area contributed by atoms with Gasteiger partial charge in [-0.15, -0.1) is 0 Å². The minimum absolute atomic E-state index is 0.207. The van der Waals surface area contributed by atoms with Gasteiger partial charge >= 0.3 is 5.97 Å². The van der Waals surface area contributed by atoms with Gasteiger partial charge in [-0.3, -0.25) is 14.5 Å². The van der Waals surface area contributed by atoms with E-state index in [1.165, 1.54) is 0 Å². The third-order valence-electron chi connectivity index (χ3n) is 4.81. The van der Waals surface area contributed by atoms with Crippen molar-refractivity contribution in [3.63, 3.8) is 0 Å². The van der Waals surface area contributed by atoms with Gasteiger partial charge in [-0.2, -0.15) is 9.78 Å². The van der Waals surface area contributed by atoms with Gasteiger partial charge in [0.05, 0.1) is 21.8 Å². The lowest BCUT2D eigenvalue weighted by molar-refractivity contribution is -0.140. The number of aromatic nitrogens is 2. The number of hydrogen-bond acceptors (Lipinski definition) is 6. The van der Waals surface area contributed by atoms with E-state index in [2.05, 4.69) is 5.10 Å². The maximum atomic E-state index is 12.8. The Morgan fingerprint density at radius 1 is 1.16 bits per heavy atom. The third-order valence-corrected chi connectivity index (χ3v) is 6.18. The predicted molar refractivity (Wildman–Crippen MR) is 127 cm³/mol. The van der Waals surface area contributed by atoms with E-state index in [1.807, 2.05) is 68.4 Å². The fraction of sp³-hybridized carbons (Fsp3) is 0.130. The van der Waals surface area contributed by atoms with Gasteiger partial charge in [0.1, 0.15) is 16.6 Å². The Labute approximate surface area is 194 Å². The predicted octanol–water partition coefficient (Wildman–Crippen LogP) is 4.57. The van der Waals surface area contributed by atoms with Crippen molar-refractivity contribution in [2.75, 3.05) is 6.54 Å². The summed E-state index contributed by atoms with van der Waals surface area (Å²) in [5, 5.41) is 13.7. The molecule has 1 N–H and O–H groups in total. The molecule has 0 unspecified atom stereocenters. The van der Waals surface area contributed by atoms with E-state index in [0.717, 1.165) is 27.9 Å². The maximum absolute atomic E-state index is 12.8. The summed E-state index contributed by atoms with van der Waals surface area (Å²) in [6.45, 7) is 3.30. The van der Waals surface area contributed by atoms with Crippen molar-refractivity contribution in [3.05, 3.63) is 76.3 Å². The average Bonchev–Trinajstić information content (AvgIpc) is 3.21. The highest BCUT2D eigenvalue weighted by Gasteiger charge is 2.34. The molecular formula is C23H19N3O4S2. The molecule has 0 atom stereocenters. The number of hydrogen-bond donors (Lipinski definition) is 1. The molecule has 1 aliphatic rings. The van der Waals surface area contributed by atoms with Gasteiger partial charge in [0.15, 0.2) is 0 Å². The summed E-state index contributed by atoms with van der Waals surface area (Å²) in [6, 6.07) is 17.2. The fourth-order valence-electron chi connectivity index (χ4n) is 3.20. The molecule has 1 amide bonds. The molecule has 1 fully saturated rings. The molecule has 2 aromatic carbocycles. The minimum Gasteiger partial charge on any atom is -0.480 e. The molecule has 4 rings (SSSR count). The number of aliphatic carboxylic acids is 1. The standard InChI is InChI=1S/C23H19N3O4S2/c1-14-8-6-7-11-18(14)30-22-17(15(2)24-26(22)16-9-4-3-5-10-16)12-19-21(29)25(13-20(27)28)23(31)32-19/h3-12H,13H2,1-2H3,(H,27,28)/b19-12-. The van der Waals surface area contributed by atoms with Gasteiger partial charge in [-0.1, -0.05) is 60.4 Å². The molecule has 2 heterocycles. The molecule has 162 valence electrons. The first kappa shape index (κ1) is 21.8. The number of ether oxygens (including phenoxy) is 1. The number of thiocarbonyl (C=S) groups is 1. The molecule has 3 aromatic rings. The number of benzene rings is 2. The fourth-order valence-corrected chi connectivity index (χ4v) is 4.44. The lowest BCUT2D eigenvalue weighted by Crippen LogP contribution is -2.33. The van der Waals surface area contributed by atoms with E-state index in [0.29, 0.717) is 27.8 Å². The number of rotatable bonds is 6. The first-order valence-electron chi connectivity index (χ1n) is 9.71. The Balaban J connectivity index is 1.82. The summed E-state index contributed by atoms with van der Waals surface area (Å²) < 4.78 is 8.20. The van der Waals surface area contributed by atoms with E-state index >= 15 is 0 Å². The number of para-hydroxylation sites is 2. The number of carbonyl (C=O) groups excluding carboxylic acids is 1. The Kier molecular flexibility index (Phi) is 6.11. The Morgan fingerprint density at radius 3 is 2.53 bits per heavy atom. The Hall–Kier alpha value is -3.43. The normalized spacial score (nSPS) is 14.9. The molecule has 0 spiro atoms. The summed E-state index contributed by atoms with van der Waals surface area (Å²) in [4.78, 5) is 25.3. The first-order valence-corrected chi connectivity index (χ1v) is 10.9. The van der Waals surface area contributed by atoms with E-state index < -0.39 is 18.4 Å². The summed E-state index contributed by atoms with van der Waals surface area (Å²) in [5.41, 5.74) is 3.02. The van der Waals surface area contributed by atoms with Gasteiger partial charge in [-0.25, -0.2) is 0 Å². The van der Waals surface area contributed by atoms with Crippen LogP contribution in [0.5, 0.6) is 11.6 Å². The van der Waals surface area contributed by atoms with Gasteiger partial charge in [-0.05, 0) is 43.7 Å². The van der Waals surface area contributed by atoms with Crippen molar-refractivity contribution >= 4 is 46.3 Å². The van der Waals surface area contributed by atoms with Crippen molar-refractivity contribution in [1.29, 1.82) is 0 Å². The Morgan fingerprint density at radius 2 is 1.84 bits per heavy atom. The van der Waals surface area contributed by atoms with E-state index in [4.69, 9.17) is 22.1 Å². The highest BCUT2D eigenvalue weighted by Crippen LogP contribution is 2.37. The monoisotopic (exact) mass is 465 g/mol. The molecule has 32 heavy (non-hydrogen) atoms. The molecule has 9 heteroatoms. The second-order valence-electron chi connectivity index (χ2n) is 7.08. The zero-order valence-electron chi connectivity index (χ0n) is 17.3. The van der Waals surface area contributed by atoms with Crippen LogP contribution >= 0.6 is 24.0 Å². The molecular weight excluding hydrogens is 446 g/mol.